The Balaban J connectivity index is 2.02. The summed E-state index contributed by atoms with van der Waals surface area (Å²) >= 11 is 0. The maximum atomic E-state index is 11.4. The van der Waals surface area contributed by atoms with Crippen molar-refractivity contribution in [3.05, 3.63) is 35.9 Å². The first-order valence-electron chi connectivity index (χ1n) is 6.38. The Hall–Kier alpha value is -1.39. The van der Waals surface area contributed by atoms with Crippen LogP contribution in [-0.2, 0) is 4.79 Å². The summed E-state index contributed by atoms with van der Waals surface area (Å²) in [7, 11) is 1.96. The molecule has 2 unspecified atom stereocenters. The Kier molecular flexibility index (Phi) is 4.33. The Morgan fingerprint density at radius 2 is 2.22 bits per heavy atom. The van der Waals surface area contributed by atoms with Crippen LogP contribution >= 0.6 is 0 Å². The molecule has 1 aromatic rings. The van der Waals surface area contributed by atoms with Gasteiger partial charge in [0, 0.05) is 19.1 Å². The zero-order valence-electron chi connectivity index (χ0n) is 10.7. The molecule has 0 aromatic heterocycles. The smallest absolute Gasteiger partial charge is 0.312 e. The maximum absolute atomic E-state index is 11.4. The van der Waals surface area contributed by atoms with Gasteiger partial charge in [-0.2, -0.15) is 0 Å². The van der Waals surface area contributed by atoms with Gasteiger partial charge in [-0.15, -0.1) is 0 Å². The van der Waals surface area contributed by atoms with Gasteiger partial charge in [0.25, 0.3) is 0 Å². The zero-order valence-corrected chi connectivity index (χ0v) is 10.7. The molecule has 4 nitrogen and oxygen atoms in total. The maximum Gasteiger partial charge on any atom is 0.312 e. The highest BCUT2D eigenvalue weighted by atomic mass is 16.4. The van der Waals surface area contributed by atoms with Gasteiger partial charge in [0.2, 0.25) is 0 Å². The van der Waals surface area contributed by atoms with Crippen LogP contribution in [0.4, 0.5) is 0 Å². The third-order valence-electron chi connectivity index (χ3n) is 3.62. The lowest BCUT2D eigenvalue weighted by Crippen LogP contribution is -2.33. The standard InChI is InChI=1S/C14H20N2O2/c1-15-12-7-8-16(9-12)10-13(14(17)18)11-5-3-2-4-6-11/h2-6,12-13,15H,7-10H2,1H3,(H,17,18). The minimum absolute atomic E-state index is 0.429. The molecule has 0 spiro atoms. The molecule has 1 aliphatic heterocycles. The van der Waals surface area contributed by atoms with E-state index in [9.17, 15) is 9.90 Å². The van der Waals surface area contributed by atoms with Crippen LogP contribution < -0.4 is 5.32 Å². The second-order valence-corrected chi connectivity index (χ2v) is 4.84. The lowest BCUT2D eigenvalue weighted by atomic mass is 9.99. The van der Waals surface area contributed by atoms with E-state index < -0.39 is 11.9 Å². The predicted molar refractivity (Wildman–Crippen MR) is 70.7 cm³/mol. The number of nitrogens with one attached hydrogen (secondary N) is 1. The van der Waals surface area contributed by atoms with E-state index in [0.29, 0.717) is 12.6 Å². The number of hydrogen-bond donors (Lipinski definition) is 2. The van der Waals surface area contributed by atoms with Crippen LogP contribution in [0, 0.1) is 0 Å². The van der Waals surface area contributed by atoms with Gasteiger partial charge in [-0.1, -0.05) is 30.3 Å². The van der Waals surface area contributed by atoms with Crippen molar-refractivity contribution in [2.24, 2.45) is 0 Å². The molecule has 0 saturated carbocycles. The second kappa shape index (κ2) is 5.98. The summed E-state index contributed by atoms with van der Waals surface area (Å²) in [6.07, 6.45) is 1.09. The fourth-order valence-corrected chi connectivity index (χ4v) is 2.50. The summed E-state index contributed by atoms with van der Waals surface area (Å²) in [6.45, 7) is 2.51. The monoisotopic (exact) mass is 248 g/mol. The van der Waals surface area contributed by atoms with Crippen molar-refractivity contribution >= 4 is 5.97 Å². The van der Waals surface area contributed by atoms with Crippen molar-refractivity contribution in [3.8, 4) is 0 Å². The first-order valence-corrected chi connectivity index (χ1v) is 6.38. The quantitative estimate of drug-likeness (QED) is 0.820. The SMILES string of the molecule is CNC1CCN(CC(C(=O)O)c2ccccc2)C1. The topological polar surface area (TPSA) is 52.6 Å². The summed E-state index contributed by atoms with van der Waals surface area (Å²) in [6, 6.07) is 9.98. The number of rotatable bonds is 5. The van der Waals surface area contributed by atoms with Crippen molar-refractivity contribution in [1.82, 2.24) is 10.2 Å². The number of likely N-dealkylation sites (N-methyl/N-ethyl adjacent to an activating group) is 1. The molecule has 2 rings (SSSR count). The number of carbonyl (C=O) groups is 1. The molecule has 1 aromatic carbocycles. The summed E-state index contributed by atoms with van der Waals surface area (Å²) < 4.78 is 0. The third kappa shape index (κ3) is 3.09. The van der Waals surface area contributed by atoms with E-state index in [1.807, 2.05) is 37.4 Å². The molecule has 98 valence electrons. The highest BCUT2D eigenvalue weighted by Crippen LogP contribution is 2.20. The van der Waals surface area contributed by atoms with Crippen molar-refractivity contribution in [2.45, 2.75) is 18.4 Å². The first kappa shape index (κ1) is 13.1. The van der Waals surface area contributed by atoms with Gasteiger partial charge in [-0.05, 0) is 25.6 Å². The minimum Gasteiger partial charge on any atom is -0.481 e. The zero-order chi connectivity index (χ0) is 13.0. The molecule has 4 heteroatoms. The highest BCUT2D eigenvalue weighted by Gasteiger charge is 2.27. The highest BCUT2D eigenvalue weighted by molar-refractivity contribution is 5.76. The number of aliphatic carboxylic acids is 1. The fourth-order valence-electron chi connectivity index (χ4n) is 2.50. The molecule has 0 bridgehead atoms. The van der Waals surface area contributed by atoms with Gasteiger partial charge in [-0.25, -0.2) is 0 Å². The van der Waals surface area contributed by atoms with Crippen LogP contribution in [0.5, 0.6) is 0 Å². The van der Waals surface area contributed by atoms with Crippen LogP contribution in [0.25, 0.3) is 0 Å². The van der Waals surface area contributed by atoms with Gasteiger partial charge in [0.15, 0.2) is 0 Å². The minimum atomic E-state index is -0.742. The third-order valence-corrected chi connectivity index (χ3v) is 3.62. The molecule has 2 atom stereocenters. The normalized spacial score (nSPS) is 21.9. The van der Waals surface area contributed by atoms with Crippen molar-refractivity contribution < 1.29 is 9.90 Å². The van der Waals surface area contributed by atoms with E-state index in [0.717, 1.165) is 25.1 Å². The van der Waals surface area contributed by atoms with E-state index in [2.05, 4.69) is 10.2 Å². The van der Waals surface area contributed by atoms with Crippen LogP contribution in [0.15, 0.2) is 30.3 Å². The Morgan fingerprint density at radius 3 is 2.78 bits per heavy atom. The Labute approximate surface area is 108 Å². The predicted octanol–water partition coefficient (Wildman–Crippen LogP) is 1.15. The van der Waals surface area contributed by atoms with E-state index in [4.69, 9.17) is 0 Å². The van der Waals surface area contributed by atoms with Crippen LogP contribution in [0.3, 0.4) is 0 Å². The number of nitrogens with zero attached hydrogens (tertiary/aromatic N) is 1. The van der Waals surface area contributed by atoms with E-state index in [-0.39, 0.29) is 0 Å². The van der Waals surface area contributed by atoms with Gasteiger partial charge in [0.1, 0.15) is 0 Å². The molecule has 2 N–H and O–H groups in total. The summed E-state index contributed by atoms with van der Waals surface area (Å²) in [5.74, 6) is -1.17. The molecule has 0 aliphatic carbocycles. The number of carboxylic acid groups (broad SMARTS) is 1. The molecular weight excluding hydrogens is 228 g/mol. The van der Waals surface area contributed by atoms with Crippen LogP contribution in [0.2, 0.25) is 0 Å². The fraction of sp³-hybridized carbons (Fsp3) is 0.500. The summed E-state index contributed by atoms with van der Waals surface area (Å²) in [4.78, 5) is 13.6. The van der Waals surface area contributed by atoms with Gasteiger partial charge in [-0.3, -0.25) is 4.79 Å². The second-order valence-electron chi connectivity index (χ2n) is 4.84. The molecule has 1 fully saturated rings. The average Bonchev–Trinajstić information content (AvgIpc) is 2.84. The first-order chi connectivity index (χ1) is 8.70. The van der Waals surface area contributed by atoms with Crippen LogP contribution in [0.1, 0.15) is 17.9 Å². The molecule has 1 heterocycles. The lowest BCUT2D eigenvalue weighted by Gasteiger charge is -2.21. The van der Waals surface area contributed by atoms with E-state index in [1.54, 1.807) is 0 Å². The van der Waals surface area contributed by atoms with Crippen LogP contribution in [-0.4, -0.2) is 48.7 Å². The molecule has 1 saturated heterocycles. The lowest BCUT2D eigenvalue weighted by molar-refractivity contribution is -0.139. The molecule has 0 amide bonds. The largest absolute Gasteiger partial charge is 0.481 e. The number of likely N-dealkylation sites (tertiary alicyclic amines) is 1. The number of benzene rings is 1. The number of hydrogen-bond acceptors (Lipinski definition) is 3. The average molecular weight is 248 g/mol. The Bertz CT molecular complexity index is 394. The summed E-state index contributed by atoms with van der Waals surface area (Å²) in [5.41, 5.74) is 0.887. The van der Waals surface area contributed by atoms with Crippen molar-refractivity contribution in [2.75, 3.05) is 26.7 Å². The van der Waals surface area contributed by atoms with Gasteiger partial charge < -0.3 is 15.3 Å². The van der Waals surface area contributed by atoms with E-state index in [1.165, 1.54) is 0 Å². The van der Waals surface area contributed by atoms with Crippen molar-refractivity contribution in [3.63, 3.8) is 0 Å². The van der Waals surface area contributed by atoms with Gasteiger partial charge >= 0.3 is 5.97 Å². The summed E-state index contributed by atoms with van der Waals surface area (Å²) in [5, 5.41) is 12.6. The Morgan fingerprint density at radius 1 is 1.50 bits per heavy atom. The molecule has 18 heavy (non-hydrogen) atoms. The molecule has 0 radical (unpaired) electrons. The number of carboxylic acids is 1. The van der Waals surface area contributed by atoms with Gasteiger partial charge in [0.05, 0.1) is 5.92 Å². The molecular formula is C14H20N2O2. The van der Waals surface area contributed by atoms with Crippen molar-refractivity contribution in [1.29, 1.82) is 0 Å². The van der Waals surface area contributed by atoms with E-state index >= 15 is 0 Å². The molecule has 1 aliphatic rings.